The predicted molar refractivity (Wildman–Crippen MR) is 58.8 cm³/mol. The fraction of sp³-hybridized carbons (Fsp3) is 0.455. The van der Waals surface area contributed by atoms with Crippen molar-refractivity contribution in [3.05, 3.63) is 33.2 Å². The highest BCUT2D eigenvalue weighted by Crippen LogP contribution is 2.16. The highest BCUT2D eigenvalue weighted by Gasteiger charge is 2.10. The summed E-state index contributed by atoms with van der Waals surface area (Å²) >= 11 is 0. The molecule has 1 aromatic rings. The molecule has 1 heterocycles. The molecule has 0 unspecified atom stereocenters. The van der Waals surface area contributed by atoms with Crippen LogP contribution in [0, 0.1) is 6.92 Å². The highest BCUT2D eigenvalue weighted by molar-refractivity contribution is 5.46. The van der Waals surface area contributed by atoms with Crippen molar-refractivity contribution in [1.29, 1.82) is 0 Å². The second-order valence-corrected chi connectivity index (χ2v) is 3.87. The lowest BCUT2D eigenvalue weighted by atomic mass is 9.98. The van der Waals surface area contributed by atoms with E-state index < -0.39 is 0 Å². The summed E-state index contributed by atoms with van der Waals surface area (Å²) in [6.07, 6.45) is 0.601. The molecule has 4 heteroatoms. The van der Waals surface area contributed by atoms with Gasteiger partial charge in [-0.25, -0.2) is 0 Å². The highest BCUT2D eigenvalue weighted by atomic mass is 16.1. The molecular formula is C11H16N2O2. The molecule has 0 aliphatic heterocycles. The van der Waals surface area contributed by atoms with Crippen molar-refractivity contribution >= 4 is 6.41 Å². The van der Waals surface area contributed by atoms with Crippen molar-refractivity contribution in [3.63, 3.8) is 0 Å². The van der Waals surface area contributed by atoms with Crippen LogP contribution in [0.5, 0.6) is 0 Å². The Hall–Kier alpha value is -1.58. The van der Waals surface area contributed by atoms with Crippen LogP contribution < -0.4 is 10.9 Å². The normalized spacial score (nSPS) is 10.4. The second kappa shape index (κ2) is 4.77. The molecule has 1 rings (SSSR count). The van der Waals surface area contributed by atoms with E-state index in [-0.39, 0.29) is 18.0 Å². The first kappa shape index (κ1) is 11.5. The lowest BCUT2D eigenvalue weighted by Crippen LogP contribution is -2.23. The number of carbonyl (C=O) groups excluding carboxylic acids is 1. The monoisotopic (exact) mass is 208 g/mol. The maximum Gasteiger partial charge on any atom is 0.253 e. The molecule has 82 valence electrons. The van der Waals surface area contributed by atoms with Gasteiger partial charge in [-0.1, -0.05) is 13.8 Å². The van der Waals surface area contributed by atoms with Crippen LogP contribution in [0.2, 0.25) is 0 Å². The molecule has 15 heavy (non-hydrogen) atoms. The Balaban J connectivity index is 3.20. The largest absolute Gasteiger partial charge is 0.354 e. The maximum absolute atomic E-state index is 11.7. The first-order valence-electron chi connectivity index (χ1n) is 4.96. The maximum atomic E-state index is 11.7. The van der Waals surface area contributed by atoms with Gasteiger partial charge in [0.2, 0.25) is 6.41 Å². The van der Waals surface area contributed by atoms with Gasteiger partial charge in [-0.3, -0.25) is 9.59 Å². The first-order chi connectivity index (χ1) is 7.06. The molecule has 0 saturated heterocycles. The number of nitrogens with one attached hydrogen (secondary N) is 2. The molecule has 0 atom stereocenters. The lowest BCUT2D eigenvalue weighted by molar-refractivity contribution is -0.109. The Morgan fingerprint density at radius 3 is 2.73 bits per heavy atom. The zero-order valence-corrected chi connectivity index (χ0v) is 9.26. The molecule has 0 spiro atoms. The number of H-pyrrole nitrogens is 1. The van der Waals surface area contributed by atoms with Crippen molar-refractivity contribution in [1.82, 2.24) is 10.3 Å². The van der Waals surface area contributed by atoms with Gasteiger partial charge in [0, 0.05) is 17.8 Å². The van der Waals surface area contributed by atoms with Gasteiger partial charge in [-0.15, -0.1) is 0 Å². The van der Waals surface area contributed by atoms with Gasteiger partial charge < -0.3 is 10.3 Å². The van der Waals surface area contributed by atoms with Crippen LogP contribution in [0.25, 0.3) is 0 Å². The number of hydrogen-bond acceptors (Lipinski definition) is 2. The van der Waals surface area contributed by atoms with E-state index in [2.05, 4.69) is 10.3 Å². The van der Waals surface area contributed by atoms with E-state index >= 15 is 0 Å². The number of rotatable bonds is 4. The summed E-state index contributed by atoms with van der Waals surface area (Å²) in [6, 6.07) is 1.95. The summed E-state index contributed by atoms with van der Waals surface area (Å²) in [5.41, 5.74) is 2.36. The number of aromatic amines is 1. The summed E-state index contributed by atoms with van der Waals surface area (Å²) in [4.78, 5) is 24.6. The number of amides is 1. The van der Waals surface area contributed by atoms with E-state index in [4.69, 9.17) is 0 Å². The van der Waals surface area contributed by atoms with Crippen molar-refractivity contribution in [2.45, 2.75) is 33.2 Å². The number of hydrogen-bond donors (Lipinski definition) is 2. The number of carbonyl (C=O) groups is 1. The summed E-state index contributed by atoms with van der Waals surface area (Å²) < 4.78 is 0. The van der Waals surface area contributed by atoms with Gasteiger partial charge in [-0.05, 0) is 24.5 Å². The van der Waals surface area contributed by atoms with Gasteiger partial charge in [0.1, 0.15) is 0 Å². The van der Waals surface area contributed by atoms with Gasteiger partial charge >= 0.3 is 0 Å². The quantitative estimate of drug-likeness (QED) is 0.726. The average molecular weight is 208 g/mol. The molecule has 0 aromatic carbocycles. The van der Waals surface area contributed by atoms with E-state index in [1.54, 1.807) is 0 Å². The van der Waals surface area contributed by atoms with Crippen LogP contribution in [0.1, 0.15) is 36.6 Å². The van der Waals surface area contributed by atoms with Gasteiger partial charge in [0.25, 0.3) is 5.56 Å². The van der Waals surface area contributed by atoms with Crippen molar-refractivity contribution in [3.8, 4) is 0 Å². The van der Waals surface area contributed by atoms with Crippen LogP contribution >= 0.6 is 0 Å². The number of pyridine rings is 1. The molecule has 0 fully saturated rings. The lowest BCUT2D eigenvalue weighted by Gasteiger charge is -2.12. The topological polar surface area (TPSA) is 62.0 Å². The van der Waals surface area contributed by atoms with E-state index in [1.165, 1.54) is 0 Å². The molecule has 1 aromatic heterocycles. The molecular weight excluding hydrogens is 192 g/mol. The minimum atomic E-state index is -0.118. The molecule has 0 radical (unpaired) electrons. The fourth-order valence-corrected chi connectivity index (χ4v) is 1.58. The summed E-state index contributed by atoms with van der Waals surface area (Å²) in [5, 5.41) is 2.52. The van der Waals surface area contributed by atoms with E-state index in [0.29, 0.717) is 12.0 Å². The van der Waals surface area contributed by atoms with Crippen LogP contribution in [0.3, 0.4) is 0 Å². The van der Waals surface area contributed by atoms with Gasteiger partial charge in [-0.2, -0.15) is 0 Å². The van der Waals surface area contributed by atoms with Crippen LogP contribution in [0.15, 0.2) is 10.9 Å². The number of aromatic nitrogens is 1. The standard InChI is InChI=1S/C11H16N2O2/c1-7(2)9-4-8(3)13-11(15)10(9)5-12-6-14/h4,6-7H,5H2,1-3H3,(H,12,14)(H,13,15). The van der Waals surface area contributed by atoms with Crippen LogP contribution in [-0.4, -0.2) is 11.4 Å². The minimum absolute atomic E-state index is 0.118. The van der Waals surface area contributed by atoms with E-state index in [9.17, 15) is 9.59 Å². The smallest absolute Gasteiger partial charge is 0.253 e. The third kappa shape index (κ3) is 2.68. The Morgan fingerprint density at radius 1 is 1.53 bits per heavy atom. The Bertz CT molecular complexity index is 408. The van der Waals surface area contributed by atoms with E-state index in [0.717, 1.165) is 11.3 Å². The van der Waals surface area contributed by atoms with E-state index in [1.807, 2.05) is 26.8 Å². The van der Waals surface area contributed by atoms with Crippen molar-refractivity contribution < 1.29 is 4.79 Å². The molecule has 0 aliphatic rings. The molecule has 0 saturated carbocycles. The van der Waals surface area contributed by atoms with Crippen LogP contribution in [0.4, 0.5) is 0 Å². The molecule has 4 nitrogen and oxygen atoms in total. The Kier molecular flexibility index (Phi) is 3.66. The third-order valence-corrected chi connectivity index (χ3v) is 2.29. The zero-order chi connectivity index (χ0) is 11.4. The minimum Gasteiger partial charge on any atom is -0.354 e. The van der Waals surface area contributed by atoms with Gasteiger partial charge in [0.15, 0.2) is 0 Å². The molecule has 0 bridgehead atoms. The predicted octanol–water partition coefficient (Wildman–Crippen LogP) is 1.05. The van der Waals surface area contributed by atoms with Crippen LogP contribution in [-0.2, 0) is 11.3 Å². The summed E-state index contributed by atoms with van der Waals surface area (Å²) in [7, 11) is 0. The number of aryl methyl sites for hydroxylation is 1. The molecule has 0 aliphatic carbocycles. The summed E-state index contributed by atoms with van der Waals surface area (Å²) in [5.74, 6) is 0.273. The average Bonchev–Trinajstić information content (AvgIpc) is 2.15. The van der Waals surface area contributed by atoms with Crippen molar-refractivity contribution in [2.75, 3.05) is 0 Å². The molecule has 1 amide bonds. The zero-order valence-electron chi connectivity index (χ0n) is 9.26. The fourth-order valence-electron chi connectivity index (χ4n) is 1.58. The third-order valence-electron chi connectivity index (χ3n) is 2.29. The Labute approximate surface area is 88.7 Å². The van der Waals surface area contributed by atoms with Gasteiger partial charge in [0.05, 0.1) is 0 Å². The molecule has 2 N–H and O–H groups in total. The first-order valence-corrected chi connectivity index (χ1v) is 4.96. The Morgan fingerprint density at radius 2 is 2.20 bits per heavy atom. The second-order valence-electron chi connectivity index (χ2n) is 3.87. The SMILES string of the molecule is Cc1cc(C(C)C)c(CNC=O)c(=O)[nH]1. The van der Waals surface area contributed by atoms with Crippen molar-refractivity contribution in [2.24, 2.45) is 0 Å². The summed E-state index contributed by atoms with van der Waals surface area (Å²) in [6.45, 7) is 6.19.